The first-order chi connectivity index (χ1) is 5.45. The van der Waals surface area contributed by atoms with Crippen LogP contribution in [0.25, 0.3) is 0 Å². The molecule has 0 N–H and O–H groups in total. The molecule has 0 radical (unpaired) electrons. The average molecular weight is 167 g/mol. The van der Waals surface area contributed by atoms with E-state index in [4.69, 9.17) is 0 Å². The Labute approximate surface area is 73.8 Å². The van der Waals surface area contributed by atoms with Gasteiger partial charge in [-0.25, -0.2) is 4.98 Å². The van der Waals surface area contributed by atoms with Gasteiger partial charge in [0.2, 0.25) is 0 Å². The summed E-state index contributed by atoms with van der Waals surface area (Å²) in [6, 6.07) is 0. The highest BCUT2D eigenvalue weighted by Crippen LogP contribution is 2.19. The van der Waals surface area contributed by atoms with E-state index in [0.29, 0.717) is 0 Å². The lowest BCUT2D eigenvalue weighted by molar-refractivity contribution is 0.506. The van der Waals surface area contributed by atoms with E-state index in [-0.39, 0.29) is 5.41 Å². The summed E-state index contributed by atoms with van der Waals surface area (Å²) in [5.74, 6) is 1.99. The zero-order valence-electron chi connectivity index (χ0n) is 8.55. The summed E-state index contributed by atoms with van der Waals surface area (Å²) in [6.07, 6.45) is 0.907. The number of aromatic nitrogens is 3. The predicted octanol–water partition coefficient (Wildman–Crippen LogP) is 1.68. The van der Waals surface area contributed by atoms with Gasteiger partial charge in [0.05, 0.1) is 0 Å². The number of aryl methyl sites for hydroxylation is 2. The summed E-state index contributed by atoms with van der Waals surface area (Å²) >= 11 is 0. The van der Waals surface area contributed by atoms with E-state index in [1.807, 2.05) is 11.7 Å². The second-order valence-corrected chi connectivity index (χ2v) is 4.08. The summed E-state index contributed by atoms with van der Waals surface area (Å²) < 4.78 is 1.87. The van der Waals surface area contributed by atoms with Crippen LogP contribution in [-0.4, -0.2) is 14.8 Å². The second kappa shape index (κ2) is 2.88. The molecule has 1 rings (SSSR count). The van der Waals surface area contributed by atoms with Gasteiger partial charge in [-0.3, -0.25) is 4.68 Å². The minimum atomic E-state index is 0.0924. The maximum absolute atomic E-state index is 4.45. The Morgan fingerprint density at radius 1 is 1.33 bits per heavy atom. The standard InChI is InChI=1S/C9H17N3/c1-6-7-10-8(9(2,3)4)12(5)11-7/h6H2,1-5H3. The van der Waals surface area contributed by atoms with Crippen molar-refractivity contribution in [2.24, 2.45) is 7.05 Å². The Morgan fingerprint density at radius 3 is 2.17 bits per heavy atom. The molecule has 0 saturated carbocycles. The van der Waals surface area contributed by atoms with Gasteiger partial charge in [-0.15, -0.1) is 0 Å². The van der Waals surface area contributed by atoms with Crippen molar-refractivity contribution in [2.75, 3.05) is 0 Å². The first-order valence-corrected chi connectivity index (χ1v) is 4.35. The summed E-state index contributed by atoms with van der Waals surface area (Å²) in [7, 11) is 1.95. The lowest BCUT2D eigenvalue weighted by Crippen LogP contribution is -2.17. The van der Waals surface area contributed by atoms with Gasteiger partial charge in [0.25, 0.3) is 0 Å². The Kier molecular flexibility index (Phi) is 2.22. The maximum atomic E-state index is 4.45. The molecule has 12 heavy (non-hydrogen) atoms. The number of rotatable bonds is 1. The smallest absolute Gasteiger partial charge is 0.150 e. The van der Waals surface area contributed by atoms with Crippen LogP contribution in [-0.2, 0) is 18.9 Å². The van der Waals surface area contributed by atoms with E-state index < -0.39 is 0 Å². The van der Waals surface area contributed by atoms with Crippen molar-refractivity contribution in [3.8, 4) is 0 Å². The molecule has 0 aliphatic carbocycles. The fraction of sp³-hybridized carbons (Fsp3) is 0.778. The molecule has 0 saturated heterocycles. The average Bonchev–Trinajstić information content (AvgIpc) is 2.29. The molecule has 0 aromatic carbocycles. The molecule has 0 spiro atoms. The zero-order chi connectivity index (χ0) is 9.35. The van der Waals surface area contributed by atoms with E-state index in [0.717, 1.165) is 18.1 Å². The van der Waals surface area contributed by atoms with Crippen LogP contribution in [0.15, 0.2) is 0 Å². The minimum Gasteiger partial charge on any atom is -0.252 e. The highest BCUT2D eigenvalue weighted by atomic mass is 15.3. The van der Waals surface area contributed by atoms with Crippen molar-refractivity contribution in [1.82, 2.24) is 14.8 Å². The monoisotopic (exact) mass is 167 g/mol. The van der Waals surface area contributed by atoms with E-state index in [1.54, 1.807) is 0 Å². The molecule has 0 fully saturated rings. The zero-order valence-corrected chi connectivity index (χ0v) is 8.55. The molecule has 1 aromatic rings. The van der Waals surface area contributed by atoms with Gasteiger partial charge >= 0.3 is 0 Å². The molecule has 0 bridgehead atoms. The third kappa shape index (κ3) is 1.65. The van der Waals surface area contributed by atoms with Crippen molar-refractivity contribution in [2.45, 2.75) is 39.5 Å². The van der Waals surface area contributed by atoms with Crippen molar-refractivity contribution < 1.29 is 0 Å². The molecule has 1 heterocycles. The predicted molar refractivity (Wildman–Crippen MR) is 49.1 cm³/mol. The number of hydrogen-bond donors (Lipinski definition) is 0. The molecule has 0 unspecified atom stereocenters. The summed E-state index contributed by atoms with van der Waals surface area (Å²) in [4.78, 5) is 4.45. The third-order valence-electron chi connectivity index (χ3n) is 1.79. The number of hydrogen-bond acceptors (Lipinski definition) is 2. The van der Waals surface area contributed by atoms with Crippen molar-refractivity contribution in [3.05, 3.63) is 11.6 Å². The molecule has 0 aliphatic rings. The molecule has 1 aromatic heterocycles. The topological polar surface area (TPSA) is 30.7 Å². The van der Waals surface area contributed by atoms with Crippen LogP contribution in [0.5, 0.6) is 0 Å². The van der Waals surface area contributed by atoms with E-state index in [2.05, 4.69) is 37.8 Å². The highest BCUT2D eigenvalue weighted by Gasteiger charge is 2.20. The molecule has 0 aliphatic heterocycles. The van der Waals surface area contributed by atoms with Crippen molar-refractivity contribution >= 4 is 0 Å². The minimum absolute atomic E-state index is 0.0924. The molecule has 68 valence electrons. The first kappa shape index (κ1) is 9.23. The van der Waals surface area contributed by atoms with Gasteiger partial charge in [-0.2, -0.15) is 5.10 Å². The van der Waals surface area contributed by atoms with Crippen molar-refractivity contribution in [3.63, 3.8) is 0 Å². The Balaban J connectivity index is 3.08. The molecule has 3 nitrogen and oxygen atoms in total. The Morgan fingerprint density at radius 2 is 1.92 bits per heavy atom. The highest BCUT2D eigenvalue weighted by molar-refractivity contribution is 5.03. The lowest BCUT2D eigenvalue weighted by atomic mass is 9.96. The maximum Gasteiger partial charge on any atom is 0.150 e. The van der Waals surface area contributed by atoms with E-state index in [1.165, 1.54) is 0 Å². The molecule has 3 heteroatoms. The van der Waals surface area contributed by atoms with Crippen LogP contribution in [0.2, 0.25) is 0 Å². The van der Waals surface area contributed by atoms with Gasteiger partial charge < -0.3 is 0 Å². The van der Waals surface area contributed by atoms with Gasteiger partial charge in [-0.05, 0) is 0 Å². The van der Waals surface area contributed by atoms with Gasteiger partial charge in [-0.1, -0.05) is 27.7 Å². The largest absolute Gasteiger partial charge is 0.252 e. The van der Waals surface area contributed by atoms with Crippen LogP contribution >= 0.6 is 0 Å². The summed E-state index contributed by atoms with van der Waals surface area (Å²) in [5, 5.41) is 4.30. The van der Waals surface area contributed by atoms with Crippen LogP contribution in [0.4, 0.5) is 0 Å². The molecular formula is C9H17N3. The molecule has 0 atom stereocenters. The van der Waals surface area contributed by atoms with Crippen molar-refractivity contribution in [1.29, 1.82) is 0 Å². The van der Waals surface area contributed by atoms with Gasteiger partial charge in [0, 0.05) is 18.9 Å². The molecular weight excluding hydrogens is 150 g/mol. The van der Waals surface area contributed by atoms with Crippen LogP contribution in [0, 0.1) is 0 Å². The van der Waals surface area contributed by atoms with Crippen LogP contribution < -0.4 is 0 Å². The van der Waals surface area contributed by atoms with E-state index in [9.17, 15) is 0 Å². The van der Waals surface area contributed by atoms with Crippen LogP contribution in [0.1, 0.15) is 39.3 Å². The fourth-order valence-corrected chi connectivity index (χ4v) is 1.24. The second-order valence-electron chi connectivity index (χ2n) is 4.08. The van der Waals surface area contributed by atoms with Gasteiger partial charge in [0.1, 0.15) is 5.82 Å². The van der Waals surface area contributed by atoms with E-state index >= 15 is 0 Å². The Hall–Kier alpha value is -0.860. The fourth-order valence-electron chi connectivity index (χ4n) is 1.24. The third-order valence-corrected chi connectivity index (χ3v) is 1.79. The lowest BCUT2D eigenvalue weighted by Gasteiger charge is -2.15. The first-order valence-electron chi connectivity index (χ1n) is 4.35. The Bertz CT molecular complexity index is 268. The quantitative estimate of drug-likeness (QED) is 0.637. The molecule has 0 amide bonds. The normalized spacial score (nSPS) is 12.1. The SMILES string of the molecule is CCc1nc(C(C)(C)C)n(C)n1. The number of nitrogens with zero attached hydrogens (tertiary/aromatic N) is 3. The van der Waals surface area contributed by atoms with Gasteiger partial charge in [0.15, 0.2) is 5.82 Å². The van der Waals surface area contributed by atoms with Crippen LogP contribution in [0.3, 0.4) is 0 Å². The summed E-state index contributed by atoms with van der Waals surface area (Å²) in [6.45, 7) is 8.52. The summed E-state index contributed by atoms with van der Waals surface area (Å²) in [5.41, 5.74) is 0.0924.